The van der Waals surface area contributed by atoms with E-state index >= 15 is 0 Å². The van der Waals surface area contributed by atoms with Crippen molar-refractivity contribution in [1.82, 2.24) is 9.97 Å². The van der Waals surface area contributed by atoms with Crippen LogP contribution in [0.4, 0.5) is 11.8 Å². The minimum absolute atomic E-state index is 0.203. The van der Waals surface area contributed by atoms with Gasteiger partial charge in [0.1, 0.15) is 11.0 Å². The topological polar surface area (TPSA) is 64.3 Å². The molecule has 1 aromatic heterocycles. The van der Waals surface area contributed by atoms with Crippen molar-refractivity contribution in [2.75, 3.05) is 30.3 Å². The van der Waals surface area contributed by atoms with Gasteiger partial charge in [0, 0.05) is 19.2 Å². The molecule has 0 saturated carbocycles. The number of nitrogens with zero attached hydrogens (tertiary/aromatic N) is 3. The molecule has 1 atom stereocenters. The van der Waals surface area contributed by atoms with Gasteiger partial charge >= 0.3 is 0 Å². The van der Waals surface area contributed by atoms with Crippen LogP contribution in [-0.4, -0.2) is 35.8 Å². The molecule has 2 rings (SSSR count). The fourth-order valence-electron chi connectivity index (χ4n) is 1.61. The first-order valence-corrected chi connectivity index (χ1v) is 5.19. The van der Waals surface area contributed by atoms with E-state index < -0.39 is 0 Å². The molecule has 6 heteroatoms. The average molecular weight is 229 g/mol. The first-order valence-electron chi connectivity index (χ1n) is 4.82. The van der Waals surface area contributed by atoms with Crippen molar-refractivity contribution < 1.29 is 4.74 Å². The van der Waals surface area contributed by atoms with Crippen LogP contribution in [0.1, 0.15) is 6.92 Å². The summed E-state index contributed by atoms with van der Waals surface area (Å²) in [4.78, 5) is 10.1. The van der Waals surface area contributed by atoms with E-state index in [4.69, 9.17) is 22.1 Å². The summed E-state index contributed by atoms with van der Waals surface area (Å²) in [6.45, 7) is 4.32. The second-order valence-corrected chi connectivity index (χ2v) is 3.92. The van der Waals surface area contributed by atoms with Crippen LogP contribution in [0.3, 0.4) is 0 Å². The van der Waals surface area contributed by atoms with Gasteiger partial charge in [0.15, 0.2) is 0 Å². The molecule has 0 amide bonds. The lowest BCUT2D eigenvalue weighted by Crippen LogP contribution is -2.41. The maximum atomic E-state index is 5.82. The Balaban J connectivity index is 2.20. The van der Waals surface area contributed by atoms with Crippen molar-refractivity contribution in [2.45, 2.75) is 13.0 Å². The van der Waals surface area contributed by atoms with E-state index in [9.17, 15) is 0 Å². The maximum absolute atomic E-state index is 5.82. The third-order valence-corrected chi connectivity index (χ3v) is 2.46. The number of rotatable bonds is 1. The Kier molecular flexibility index (Phi) is 2.93. The Morgan fingerprint density at radius 3 is 3.07 bits per heavy atom. The Morgan fingerprint density at radius 1 is 1.60 bits per heavy atom. The molecule has 1 fully saturated rings. The second-order valence-electron chi connectivity index (χ2n) is 3.53. The zero-order valence-corrected chi connectivity index (χ0v) is 9.24. The Labute approximate surface area is 93.2 Å². The minimum atomic E-state index is 0.203. The number of hydrogen-bond acceptors (Lipinski definition) is 5. The highest BCUT2D eigenvalue weighted by molar-refractivity contribution is 6.29. The standard InChI is InChI=1S/C9H13ClN4O/c1-6-5-14(2-3-15-6)8-4-7(10)12-9(11)13-8/h4,6H,2-3,5H2,1H3,(H2,11,12,13)/t6-/m0/s1. The van der Waals surface area contributed by atoms with Gasteiger partial charge in [-0.25, -0.2) is 4.98 Å². The lowest BCUT2D eigenvalue weighted by Gasteiger charge is -2.31. The highest BCUT2D eigenvalue weighted by Gasteiger charge is 2.18. The lowest BCUT2D eigenvalue weighted by atomic mass is 10.3. The molecule has 0 aliphatic carbocycles. The quantitative estimate of drug-likeness (QED) is 0.725. The molecule has 2 heterocycles. The number of morpholine rings is 1. The van der Waals surface area contributed by atoms with E-state index in [-0.39, 0.29) is 12.1 Å². The van der Waals surface area contributed by atoms with Crippen LogP contribution in [0.15, 0.2) is 6.07 Å². The van der Waals surface area contributed by atoms with Crippen molar-refractivity contribution in [1.29, 1.82) is 0 Å². The number of ether oxygens (including phenoxy) is 1. The summed E-state index contributed by atoms with van der Waals surface area (Å²) in [7, 11) is 0. The van der Waals surface area contributed by atoms with Gasteiger partial charge in [0.25, 0.3) is 0 Å². The molecule has 0 aromatic carbocycles. The molecule has 0 unspecified atom stereocenters. The van der Waals surface area contributed by atoms with Crippen molar-refractivity contribution in [3.05, 3.63) is 11.2 Å². The first-order chi connectivity index (χ1) is 7.15. The van der Waals surface area contributed by atoms with Crippen LogP contribution in [0.5, 0.6) is 0 Å². The predicted octanol–water partition coefficient (Wildman–Crippen LogP) is 0.937. The van der Waals surface area contributed by atoms with E-state index in [1.54, 1.807) is 6.07 Å². The third kappa shape index (κ3) is 2.49. The summed E-state index contributed by atoms with van der Waals surface area (Å²) < 4.78 is 5.44. The van der Waals surface area contributed by atoms with Crippen molar-refractivity contribution in [3.63, 3.8) is 0 Å². The fourth-order valence-corrected chi connectivity index (χ4v) is 1.80. The maximum Gasteiger partial charge on any atom is 0.223 e. The predicted molar refractivity (Wildman–Crippen MR) is 59.1 cm³/mol. The fraction of sp³-hybridized carbons (Fsp3) is 0.556. The van der Waals surface area contributed by atoms with Crippen LogP contribution < -0.4 is 10.6 Å². The summed E-state index contributed by atoms with van der Waals surface area (Å²) in [5.41, 5.74) is 5.54. The third-order valence-electron chi connectivity index (χ3n) is 2.26. The van der Waals surface area contributed by atoms with Crippen LogP contribution in [0.25, 0.3) is 0 Å². The van der Waals surface area contributed by atoms with Gasteiger partial charge in [-0.15, -0.1) is 0 Å². The van der Waals surface area contributed by atoms with E-state index in [1.807, 2.05) is 6.92 Å². The van der Waals surface area contributed by atoms with Gasteiger partial charge in [-0.05, 0) is 6.92 Å². The normalized spacial score (nSPS) is 21.7. The van der Waals surface area contributed by atoms with Gasteiger partial charge in [-0.2, -0.15) is 4.98 Å². The Morgan fingerprint density at radius 2 is 2.40 bits per heavy atom. The van der Waals surface area contributed by atoms with E-state index in [2.05, 4.69) is 14.9 Å². The molecule has 0 radical (unpaired) electrons. The molecule has 1 aliphatic heterocycles. The van der Waals surface area contributed by atoms with E-state index in [0.717, 1.165) is 18.9 Å². The SMILES string of the molecule is C[C@H]1CN(c2cc(Cl)nc(N)n2)CCO1. The van der Waals surface area contributed by atoms with Crippen molar-refractivity contribution in [3.8, 4) is 0 Å². The zero-order valence-electron chi connectivity index (χ0n) is 8.48. The molecule has 2 N–H and O–H groups in total. The molecule has 1 saturated heterocycles. The Bertz CT molecular complexity index is 340. The largest absolute Gasteiger partial charge is 0.375 e. The smallest absolute Gasteiger partial charge is 0.223 e. The molecule has 0 bridgehead atoms. The number of halogens is 1. The monoisotopic (exact) mass is 228 g/mol. The van der Waals surface area contributed by atoms with Crippen molar-refractivity contribution >= 4 is 23.4 Å². The number of nitrogen functional groups attached to an aromatic ring is 1. The minimum Gasteiger partial charge on any atom is -0.375 e. The molecular weight excluding hydrogens is 216 g/mol. The summed E-state index contributed by atoms with van der Waals surface area (Å²) in [6, 6.07) is 1.72. The first kappa shape index (κ1) is 10.4. The van der Waals surface area contributed by atoms with E-state index in [1.165, 1.54) is 0 Å². The summed E-state index contributed by atoms with van der Waals surface area (Å²) in [5, 5.41) is 0.372. The Hall–Kier alpha value is -1.07. The van der Waals surface area contributed by atoms with E-state index in [0.29, 0.717) is 11.8 Å². The van der Waals surface area contributed by atoms with Gasteiger partial charge in [0.2, 0.25) is 5.95 Å². The van der Waals surface area contributed by atoms with Gasteiger partial charge in [0.05, 0.1) is 12.7 Å². The molecule has 5 nitrogen and oxygen atoms in total. The van der Waals surface area contributed by atoms with Gasteiger partial charge in [-0.1, -0.05) is 11.6 Å². The molecular formula is C9H13ClN4O. The van der Waals surface area contributed by atoms with Gasteiger partial charge < -0.3 is 15.4 Å². The van der Waals surface area contributed by atoms with Gasteiger partial charge in [-0.3, -0.25) is 0 Å². The molecule has 15 heavy (non-hydrogen) atoms. The second kappa shape index (κ2) is 4.20. The molecule has 1 aromatic rings. The highest BCUT2D eigenvalue weighted by Crippen LogP contribution is 2.19. The molecule has 1 aliphatic rings. The lowest BCUT2D eigenvalue weighted by molar-refractivity contribution is 0.0529. The van der Waals surface area contributed by atoms with Crippen molar-refractivity contribution in [2.24, 2.45) is 0 Å². The van der Waals surface area contributed by atoms with Crippen LogP contribution in [-0.2, 0) is 4.74 Å². The zero-order chi connectivity index (χ0) is 10.8. The number of nitrogens with two attached hydrogens (primary N) is 1. The number of hydrogen-bond donors (Lipinski definition) is 1. The average Bonchev–Trinajstić information content (AvgIpc) is 2.16. The van der Waals surface area contributed by atoms with Crippen LogP contribution in [0.2, 0.25) is 5.15 Å². The number of aromatic nitrogens is 2. The molecule has 0 spiro atoms. The van der Waals surface area contributed by atoms with Crippen LogP contribution in [0, 0.1) is 0 Å². The summed E-state index contributed by atoms with van der Waals surface area (Å²) >= 11 is 5.82. The summed E-state index contributed by atoms with van der Waals surface area (Å²) in [6.07, 6.45) is 0.203. The number of anilines is 2. The highest BCUT2D eigenvalue weighted by atomic mass is 35.5. The van der Waals surface area contributed by atoms with Crippen LogP contribution >= 0.6 is 11.6 Å². The molecule has 82 valence electrons. The summed E-state index contributed by atoms with van der Waals surface area (Å²) in [5.74, 6) is 0.972.